The highest BCUT2D eigenvalue weighted by atomic mass is 19.2. The molecule has 3 rings (SSSR count). The number of hydrogen-bond donors (Lipinski definition) is 2. The number of benzene rings is 1. The van der Waals surface area contributed by atoms with Crippen molar-refractivity contribution < 1.29 is 18.6 Å². The molecule has 0 aromatic heterocycles. The quantitative estimate of drug-likeness (QED) is 0.647. The van der Waals surface area contributed by atoms with Crippen molar-refractivity contribution in [2.45, 2.75) is 45.5 Å². The summed E-state index contributed by atoms with van der Waals surface area (Å²) in [5.74, 6) is -2.03. The van der Waals surface area contributed by atoms with Crippen LogP contribution in [0.1, 0.15) is 37.8 Å². The van der Waals surface area contributed by atoms with Gasteiger partial charge in [-0.25, -0.2) is 8.78 Å². The Hall–Kier alpha value is -1.73. The molecule has 2 aliphatic heterocycles. The number of ether oxygens (including phenoxy) is 1. The zero-order chi connectivity index (χ0) is 18.1. The molecule has 0 spiro atoms. The summed E-state index contributed by atoms with van der Waals surface area (Å²) >= 11 is 0. The van der Waals surface area contributed by atoms with Gasteiger partial charge in [-0.2, -0.15) is 0 Å². The number of aliphatic hydroxyl groups excluding tert-OH is 1. The maximum absolute atomic E-state index is 14.9. The van der Waals surface area contributed by atoms with Crippen LogP contribution in [-0.4, -0.2) is 54.2 Å². The fourth-order valence-corrected chi connectivity index (χ4v) is 3.78. The van der Waals surface area contributed by atoms with E-state index in [1.54, 1.807) is 9.80 Å². The average Bonchev–Trinajstić information content (AvgIpc) is 3.10. The lowest BCUT2D eigenvalue weighted by Crippen LogP contribution is -2.46. The van der Waals surface area contributed by atoms with Gasteiger partial charge in [-0.1, -0.05) is 0 Å². The van der Waals surface area contributed by atoms with Crippen molar-refractivity contribution >= 4 is 11.5 Å². The van der Waals surface area contributed by atoms with E-state index in [1.807, 2.05) is 13.8 Å². The molecule has 2 heterocycles. The van der Waals surface area contributed by atoms with E-state index < -0.39 is 18.2 Å². The highest BCUT2D eigenvalue weighted by molar-refractivity contribution is 5.97. The molecule has 0 unspecified atom stereocenters. The molecule has 2 atom stereocenters. The van der Waals surface area contributed by atoms with Crippen LogP contribution in [0.25, 0.3) is 0 Å². The molecule has 1 aromatic carbocycles. The maximum Gasteiger partial charge on any atom is 0.183 e. The standard InChI is InChI=1S/C18H25F2N3O2/c1-11-8-23(9-12(2)25-11)17-13(10-24)7-14(15(19)16(17)20)18(21)22-5-3-4-6-22/h7,11-12,21,24H,3-6,8-10H2,1-2H3/t11-,12+. The lowest BCUT2D eigenvalue weighted by molar-refractivity contribution is -0.00554. The zero-order valence-corrected chi connectivity index (χ0v) is 14.7. The van der Waals surface area contributed by atoms with E-state index in [0.29, 0.717) is 31.7 Å². The molecule has 1 aromatic rings. The Morgan fingerprint density at radius 2 is 1.80 bits per heavy atom. The van der Waals surface area contributed by atoms with Gasteiger partial charge in [-0.05, 0) is 32.8 Å². The minimum absolute atomic E-state index is 0.0149. The lowest BCUT2D eigenvalue weighted by Gasteiger charge is -2.38. The first-order valence-corrected chi connectivity index (χ1v) is 8.78. The minimum Gasteiger partial charge on any atom is -0.392 e. The SMILES string of the molecule is C[C@@H]1CN(c2c(CO)cc(C(=N)N3CCCC3)c(F)c2F)C[C@H](C)O1. The van der Waals surface area contributed by atoms with Gasteiger partial charge in [0.2, 0.25) is 0 Å². The summed E-state index contributed by atoms with van der Waals surface area (Å²) in [6, 6.07) is 1.42. The van der Waals surface area contributed by atoms with Crippen LogP contribution in [0.15, 0.2) is 6.07 Å². The number of likely N-dealkylation sites (tertiary alicyclic amines) is 1. The van der Waals surface area contributed by atoms with Gasteiger partial charge in [0.05, 0.1) is 30.1 Å². The Kier molecular flexibility index (Phi) is 5.24. The molecule has 0 radical (unpaired) electrons. The highest BCUT2D eigenvalue weighted by Gasteiger charge is 2.30. The van der Waals surface area contributed by atoms with Crippen molar-refractivity contribution in [2.24, 2.45) is 0 Å². The van der Waals surface area contributed by atoms with Gasteiger partial charge < -0.3 is 19.6 Å². The first kappa shape index (κ1) is 18.1. The number of morpholine rings is 1. The summed E-state index contributed by atoms with van der Waals surface area (Å²) in [5.41, 5.74) is 0.306. The smallest absolute Gasteiger partial charge is 0.183 e. The van der Waals surface area contributed by atoms with Crippen molar-refractivity contribution in [1.82, 2.24) is 4.90 Å². The third-order valence-electron chi connectivity index (χ3n) is 4.84. The molecule has 7 heteroatoms. The Balaban J connectivity index is 2.00. The molecule has 5 nitrogen and oxygen atoms in total. The summed E-state index contributed by atoms with van der Waals surface area (Å²) in [6.07, 6.45) is 1.67. The lowest BCUT2D eigenvalue weighted by atomic mass is 10.0. The number of nitrogens with zero attached hydrogens (tertiary/aromatic N) is 2. The molecule has 2 fully saturated rings. The van der Waals surface area contributed by atoms with Crippen LogP contribution in [0.2, 0.25) is 0 Å². The molecule has 0 aliphatic carbocycles. The van der Waals surface area contributed by atoms with Crippen molar-refractivity contribution in [3.63, 3.8) is 0 Å². The van der Waals surface area contributed by atoms with Crippen molar-refractivity contribution in [3.05, 3.63) is 28.8 Å². The van der Waals surface area contributed by atoms with Gasteiger partial charge in [0, 0.05) is 31.7 Å². The maximum atomic E-state index is 14.9. The number of aliphatic hydroxyl groups is 1. The zero-order valence-electron chi connectivity index (χ0n) is 14.7. The Morgan fingerprint density at radius 1 is 1.20 bits per heavy atom. The molecule has 0 amide bonds. The average molecular weight is 353 g/mol. The number of hydrogen-bond acceptors (Lipinski definition) is 4. The van der Waals surface area contributed by atoms with E-state index in [-0.39, 0.29) is 29.3 Å². The van der Waals surface area contributed by atoms with Crippen LogP contribution in [0.5, 0.6) is 0 Å². The van der Waals surface area contributed by atoms with Gasteiger partial charge in [0.1, 0.15) is 5.84 Å². The second-order valence-electron chi connectivity index (χ2n) is 6.92. The van der Waals surface area contributed by atoms with Crippen LogP contribution in [0.4, 0.5) is 14.5 Å². The topological polar surface area (TPSA) is 59.8 Å². The van der Waals surface area contributed by atoms with Gasteiger partial charge in [-0.3, -0.25) is 5.41 Å². The number of halogens is 2. The van der Waals surface area contributed by atoms with Gasteiger partial charge >= 0.3 is 0 Å². The van der Waals surface area contributed by atoms with Crippen LogP contribution in [0.3, 0.4) is 0 Å². The van der Waals surface area contributed by atoms with E-state index in [9.17, 15) is 13.9 Å². The molecule has 138 valence electrons. The molecule has 0 bridgehead atoms. The largest absolute Gasteiger partial charge is 0.392 e. The molecule has 0 saturated carbocycles. The van der Waals surface area contributed by atoms with E-state index >= 15 is 0 Å². The molecule has 25 heavy (non-hydrogen) atoms. The molecule has 2 saturated heterocycles. The van der Waals surface area contributed by atoms with Crippen molar-refractivity contribution in [2.75, 3.05) is 31.1 Å². The summed E-state index contributed by atoms with van der Waals surface area (Å²) in [6.45, 7) is 5.56. The van der Waals surface area contributed by atoms with E-state index in [1.165, 1.54) is 6.07 Å². The Bertz CT molecular complexity index is 652. The number of nitrogens with one attached hydrogen (secondary N) is 1. The summed E-state index contributed by atoms with van der Waals surface area (Å²) in [7, 11) is 0. The number of rotatable bonds is 3. The summed E-state index contributed by atoms with van der Waals surface area (Å²) < 4.78 is 35.3. The van der Waals surface area contributed by atoms with E-state index in [0.717, 1.165) is 12.8 Å². The van der Waals surface area contributed by atoms with Crippen molar-refractivity contribution in [3.8, 4) is 0 Å². The minimum atomic E-state index is -1.02. The number of amidine groups is 1. The normalized spacial score (nSPS) is 24.0. The van der Waals surface area contributed by atoms with E-state index in [4.69, 9.17) is 10.1 Å². The fraction of sp³-hybridized carbons (Fsp3) is 0.611. The van der Waals surface area contributed by atoms with Gasteiger partial charge in [-0.15, -0.1) is 0 Å². The molecular weight excluding hydrogens is 328 g/mol. The third kappa shape index (κ3) is 3.48. The third-order valence-corrected chi connectivity index (χ3v) is 4.84. The second-order valence-corrected chi connectivity index (χ2v) is 6.92. The van der Waals surface area contributed by atoms with Gasteiger partial charge in [0.25, 0.3) is 0 Å². The number of anilines is 1. The van der Waals surface area contributed by atoms with E-state index in [2.05, 4.69) is 0 Å². The second kappa shape index (κ2) is 7.25. The fourth-order valence-electron chi connectivity index (χ4n) is 3.78. The summed E-state index contributed by atoms with van der Waals surface area (Å²) in [4.78, 5) is 3.48. The predicted molar refractivity (Wildman–Crippen MR) is 92.1 cm³/mol. The van der Waals surface area contributed by atoms with Gasteiger partial charge in [0.15, 0.2) is 11.6 Å². The monoisotopic (exact) mass is 353 g/mol. The highest BCUT2D eigenvalue weighted by Crippen LogP contribution is 2.32. The van der Waals surface area contributed by atoms with Crippen LogP contribution < -0.4 is 4.90 Å². The van der Waals surface area contributed by atoms with Crippen LogP contribution >= 0.6 is 0 Å². The molecular formula is C18H25F2N3O2. The Morgan fingerprint density at radius 3 is 2.36 bits per heavy atom. The Labute approximate surface area is 146 Å². The van der Waals surface area contributed by atoms with Crippen LogP contribution in [-0.2, 0) is 11.3 Å². The summed E-state index contributed by atoms with van der Waals surface area (Å²) in [5, 5.41) is 18.0. The van der Waals surface area contributed by atoms with Crippen molar-refractivity contribution in [1.29, 1.82) is 5.41 Å². The molecule has 2 N–H and O–H groups in total. The first-order chi connectivity index (χ1) is 11.9. The first-order valence-electron chi connectivity index (χ1n) is 8.78. The van der Waals surface area contributed by atoms with Crippen LogP contribution in [0, 0.1) is 17.0 Å². The molecule has 2 aliphatic rings. The predicted octanol–water partition coefficient (Wildman–Crippen LogP) is 2.49.